The van der Waals surface area contributed by atoms with E-state index in [1.54, 1.807) is 14.2 Å². The predicted octanol–water partition coefficient (Wildman–Crippen LogP) is 2.76. The largest absolute Gasteiger partial charge is 0.497 e. The summed E-state index contributed by atoms with van der Waals surface area (Å²) < 4.78 is 10.4. The maximum atomic E-state index is 12.8. The van der Waals surface area contributed by atoms with Crippen LogP contribution in [0.15, 0.2) is 24.3 Å². The van der Waals surface area contributed by atoms with Crippen molar-refractivity contribution in [1.82, 2.24) is 9.80 Å². The molecule has 140 valence electrons. The van der Waals surface area contributed by atoms with E-state index in [9.17, 15) is 4.79 Å². The minimum Gasteiger partial charge on any atom is -0.497 e. The van der Waals surface area contributed by atoms with Crippen molar-refractivity contribution in [2.45, 2.75) is 45.2 Å². The molecule has 1 aromatic carbocycles. The van der Waals surface area contributed by atoms with Crippen molar-refractivity contribution in [3.8, 4) is 5.75 Å². The van der Waals surface area contributed by atoms with Gasteiger partial charge in [0.1, 0.15) is 5.75 Å². The quantitative estimate of drug-likeness (QED) is 0.760. The van der Waals surface area contributed by atoms with Crippen LogP contribution in [0.3, 0.4) is 0 Å². The Labute approximate surface area is 151 Å². The Morgan fingerprint density at radius 1 is 1.16 bits per heavy atom. The summed E-state index contributed by atoms with van der Waals surface area (Å²) in [6, 6.07) is 8.72. The Bertz CT molecular complexity index is 534. The monoisotopic (exact) mass is 348 g/mol. The van der Waals surface area contributed by atoms with Crippen molar-refractivity contribution in [2.75, 3.05) is 40.5 Å². The smallest absolute Gasteiger partial charge is 0.223 e. The summed E-state index contributed by atoms with van der Waals surface area (Å²) in [5, 5.41) is 0. The molecule has 0 saturated carbocycles. The average Bonchev–Trinajstić information content (AvgIpc) is 2.61. The number of rotatable bonds is 7. The Morgan fingerprint density at radius 2 is 1.76 bits per heavy atom. The molecule has 5 heteroatoms. The van der Waals surface area contributed by atoms with Crippen LogP contribution in [0.4, 0.5) is 0 Å². The standard InChI is InChI=1S/C20H32N2O3/c1-15(18-6-8-19(25-5)9-7-18)12-20(23)21-13-16(2)22(10-11-24-4)17(3)14-21/h6-9,15-17H,10-14H2,1-5H3. The summed E-state index contributed by atoms with van der Waals surface area (Å²) >= 11 is 0. The molecule has 3 unspecified atom stereocenters. The van der Waals surface area contributed by atoms with Gasteiger partial charge in [-0.1, -0.05) is 19.1 Å². The van der Waals surface area contributed by atoms with E-state index in [-0.39, 0.29) is 11.8 Å². The number of amides is 1. The SMILES string of the molecule is COCCN1C(C)CN(C(=O)CC(C)c2ccc(OC)cc2)CC1C. The molecule has 1 fully saturated rings. The average molecular weight is 348 g/mol. The van der Waals surface area contributed by atoms with E-state index in [1.165, 1.54) is 5.56 Å². The number of benzene rings is 1. The minimum atomic E-state index is 0.204. The van der Waals surface area contributed by atoms with Crippen LogP contribution in [0.25, 0.3) is 0 Å². The van der Waals surface area contributed by atoms with E-state index >= 15 is 0 Å². The Kier molecular flexibility index (Phi) is 7.26. The lowest BCUT2D eigenvalue weighted by Crippen LogP contribution is -2.58. The Morgan fingerprint density at radius 3 is 2.28 bits per heavy atom. The second-order valence-electron chi connectivity index (χ2n) is 7.11. The van der Waals surface area contributed by atoms with Crippen molar-refractivity contribution < 1.29 is 14.3 Å². The first-order valence-corrected chi connectivity index (χ1v) is 9.12. The van der Waals surface area contributed by atoms with Gasteiger partial charge in [0.15, 0.2) is 0 Å². The van der Waals surface area contributed by atoms with E-state index in [1.807, 2.05) is 29.2 Å². The van der Waals surface area contributed by atoms with Crippen molar-refractivity contribution >= 4 is 5.91 Å². The van der Waals surface area contributed by atoms with Gasteiger partial charge in [0.05, 0.1) is 13.7 Å². The van der Waals surface area contributed by atoms with E-state index in [4.69, 9.17) is 9.47 Å². The summed E-state index contributed by atoms with van der Waals surface area (Å²) in [5.41, 5.74) is 1.17. The van der Waals surface area contributed by atoms with Gasteiger partial charge in [-0.25, -0.2) is 0 Å². The lowest BCUT2D eigenvalue weighted by atomic mass is 9.96. The predicted molar refractivity (Wildman–Crippen MR) is 100 cm³/mol. The zero-order chi connectivity index (χ0) is 18.4. The zero-order valence-corrected chi connectivity index (χ0v) is 16.2. The van der Waals surface area contributed by atoms with E-state index in [0.29, 0.717) is 18.5 Å². The zero-order valence-electron chi connectivity index (χ0n) is 16.2. The molecule has 0 bridgehead atoms. The summed E-state index contributed by atoms with van der Waals surface area (Å²) in [4.78, 5) is 17.2. The highest BCUT2D eigenvalue weighted by atomic mass is 16.5. The topological polar surface area (TPSA) is 42.0 Å². The number of hydrogen-bond acceptors (Lipinski definition) is 4. The fourth-order valence-corrected chi connectivity index (χ4v) is 3.64. The van der Waals surface area contributed by atoms with Gasteiger partial charge in [0.2, 0.25) is 5.91 Å². The molecule has 0 aromatic heterocycles. The lowest BCUT2D eigenvalue weighted by molar-refractivity contribution is -0.136. The van der Waals surface area contributed by atoms with Gasteiger partial charge >= 0.3 is 0 Å². The van der Waals surface area contributed by atoms with Gasteiger partial charge in [-0.2, -0.15) is 0 Å². The summed E-state index contributed by atoms with van der Waals surface area (Å²) in [6.45, 7) is 9.74. The third kappa shape index (κ3) is 5.19. The molecule has 0 radical (unpaired) electrons. The molecule has 0 N–H and O–H groups in total. The fraction of sp³-hybridized carbons (Fsp3) is 0.650. The second-order valence-corrected chi connectivity index (χ2v) is 7.11. The summed E-state index contributed by atoms with van der Waals surface area (Å²) in [7, 11) is 3.40. The molecule has 2 rings (SSSR count). The molecule has 5 nitrogen and oxygen atoms in total. The highest BCUT2D eigenvalue weighted by molar-refractivity contribution is 5.77. The first-order valence-electron chi connectivity index (χ1n) is 9.12. The molecule has 0 spiro atoms. The number of hydrogen-bond donors (Lipinski definition) is 0. The maximum Gasteiger partial charge on any atom is 0.223 e. The van der Waals surface area contributed by atoms with Crippen LogP contribution in [-0.2, 0) is 9.53 Å². The molecule has 1 aromatic rings. The lowest BCUT2D eigenvalue weighted by Gasteiger charge is -2.44. The van der Waals surface area contributed by atoms with Crippen LogP contribution >= 0.6 is 0 Å². The second kappa shape index (κ2) is 9.20. The molecule has 1 saturated heterocycles. The van der Waals surface area contributed by atoms with Crippen molar-refractivity contribution in [3.05, 3.63) is 29.8 Å². The molecule has 0 aliphatic carbocycles. The first kappa shape index (κ1) is 19.7. The van der Waals surface area contributed by atoms with Gasteiger partial charge in [-0.05, 0) is 37.5 Å². The third-order valence-electron chi connectivity index (χ3n) is 5.17. The first-order chi connectivity index (χ1) is 12.0. The molecule has 1 aliphatic rings. The van der Waals surface area contributed by atoms with Gasteiger partial charge in [0, 0.05) is 45.2 Å². The summed E-state index contributed by atoms with van der Waals surface area (Å²) in [5.74, 6) is 1.29. The molecule has 1 heterocycles. The number of methoxy groups -OCH3 is 2. The van der Waals surface area contributed by atoms with E-state index in [0.717, 1.165) is 32.0 Å². The van der Waals surface area contributed by atoms with Gasteiger partial charge < -0.3 is 14.4 Å². The van der Waals surface area contributed by atoms with E-state index in [2.05, 4.69) is 25.7 Å². The number of ether oxygens (including phenoxy) is 2. The van der Waals surface area contributed by atoms with Crippen LogP contribution in [0.5, 0.6) is 5.75 Å². The molecule has 1 aliphatic heterocycles. The van der Waals surface area contributed by atoms with E-state index < -0.39 is 0 Å². The third-order valence-corrected chi connectivity index (χ3v) is 5.17. The molecule has 3 atom stereocenters. The van der Waals surface area contributed by atoms with Gasteiger partial charge in [-0.15, -0.1) is 0 Å². The Balaban J connectivity index is 1.91. The number of carbonyl (C=O) groups excluding carboxylic acids is 1. The molecular weight excluding hydrogens is 316 g/mol. The molecular formula is C20H32N2O3. The number of carbonyl (C=O) groups is 1. The normalized spacial score (nSPS) is 22.7. The molecule has 1 amide bonds. The Hall–Kier alpha value is -1.59. The van der Waals surface area contributed by atoms with Crippen LogP contribution < -0.4 is 4.74 Å². The van der Waals surface area contributed by atoms with Crippen molar-refractivity contribution in [1.29, 1.82) is 0 Å². The van der Waals surface area contributed by atoms with Gasteiger partial charge in [-0.3, -0.25) is 9.69 Å². The highest BCUT2D eigenvalue weighted by Gasteiger charge is 2.31. The number of nitrogens with zero attached hydrogens (tertiary/aromatic N) is 2. The van der Waals surface area contributed by atoms with Crippen molar-refractivity contribution in [2.24, 2.45) is 0 Å². The minimum absolute atomic E-state index is 0.204. The number of piperazine rings is 1. The van der Waals surface area contributed by atoms with Crippen LogP contribution in [0, 0.1) is 0 Å². The van der Waals surface area contributed by atoms with Crippen LogP contribution in [-0.4, -0.2) is 68.3 Å². The van der Waals surface area contributed by atoms with Crippen molar-refractivity contribution in [3.63, 3.8) is 0 Å². The molecule has 25 heavy (non-hydrogen) atoms. The summed E-state index contributed by atoms with van der Waals surface area (Å²) in [6.07, 6.45) is 0.545. The van der Waals surface area contributed by atoms with Crippen LogP contribution in [0.2, 0.25) is 0 Å². The van der Waals surface area contributed by atoms with Crippen LogP contribution in [0.1, 0.15) is 38.7 Å². The highest BCUT2D eigenvalue weighted by Crippen LogP contribution is 2.24. The maximum absolute atomic E-state index is 12.8. The van der Waals surface area contributed by atoms with Gasteiger partial charge in [0.25, 0.3) is 0 Å². The fourth-order valence-electron chi connectivity index (χ4n) is 3.64.